The lowest BCUT2D eigenvalue weighted by Crippen LogP contribution is -2.20. The molecule has 0 aromatic heterocycles. The van der Waals surface area contributed by atoms with Gasteiger partial charge in [-0.3, -0.25) is 0 Å². The van der Waals surface area contributed by atoms with Crippen LogP contribution in [0.3, 0.4) is 0 Å². The van der Waals surface area contributed by atoms with Gasteiger partial charge in [-0.05, 0) is 30.2 Å². The molecule has 0 saturated heterocycles. The Morgan fingerprint density at radius 3 is 2.65 bits per heavy atom. The topological polar surface area (TPSA) is 21.3 Å². The van der Waals surface area contributed by atoms with Gasteiger partial charge >= 0.3 is 0 Å². The molecule has 2 aromatic rings. The second-order valence-corrected chi connectivity index (χ2v) is 4.91. The van der Waals surface area contributed by atoms with Crippen molar-refractivity contribution >= 4 is 5.69 Å². The predicted molar refractivity (Wildman–Crippen MR) is 74.1 cm³/mol. The van der Waals surface area contributed by atoms with E-state index in [2.05, 4.69) is 5.32 Å². The van der Waals surface area contributed by atoms with Crippen molar-refractivity contribution in [2.75, 3.05) is 18.5 Å². The molecule has 1 atom stereocenters. The minimum Gasteiger partial charge on any atom is -0.493 e. The van der Waals surface area contributed by atoms with Crippen LogP contribution in [0.2, 0.25) is 0 Å². The van der Waals surface area contributed by atoms with Gasteiger partial charge in [0.05, 0.1) is 6.61 Å². The zero-order valence-corrected chi connectivity index (χ0v) is 10.9. The Morgan fingerprint density at radius 2 is 1.85 bits per heavy atom. The van der Waals surface area contributed by atoms with Crippen LogP contribution < -0.4 is 10.1 Å². The molecular weight excluding hydrogens is 260 g/mol. The van der Waals surface area contributed by atoms with E-state index in [1.807, 2.05) is 24.3 Å². The van der Waals surface area contributed by atoms with E-state index in [1.54, 1.807) is 0 Å². The molecule has 0 bridgehead atoms. The van der Waals surface area contributed by atoms with E-state index in [1.165, 1.54) is 12.1 Å². The summed E-state index contributed by atoms with van der Waals surface area (Å²) >= 11 is 0. The van der Waals surface area contributed by atoms with Gasteiger partial charge < -0.3 is 10.1 Å². The molecule has 1 unspecified atom stereocenters. The molecule has 0 aliphatic carbocycles. The average molecular weight is 275 g/mol. The number of benzene rings is 2. The molecule has 1 aliphatic rings. The van der Waals surface area contributed by atoms with Crippen molar-refractivity contribution in [3.05, 3.63) is 59.7 Å². The molecule has 0 spiro atoms. The minimum absolute atomic E-state index is 0.284. The number of fused-ring (bicyclic) bond motifs is 1. The summed E-state index contributed by atoms with van der Waals surface area (Å²) < 4.78 is 31.9. The van der Waals surface area contributed by atoms with Gasteiger partial charge in [0.25, 0.3) is 0 Å². The van der Waals surface area contributed by atoms with Gasteiger partial charge in [-0.15, -0.1) is 0 Å². The van der Waals surface area contributed by atoms with Gasteiger partial charge in [0, 0.05) is 24.2 Å². The lowest BCUT2D eigenvalue weighted by atomic mass is 9.93. The molecule has 0 saturated carbocycles. The number of hydrogen-bond donors (Lipinski definition) is 1. The summed E-state index contributed by atoms with van der Waals surface area (Å²) in [4.78, 5) is 0. The summed E-state index contributed by atoms with van der Waals surface area (Å²) in [5.74, 6) is 0.0435. The third kappa shape index (κ3) is 2.74. The van der Waals surface area contributed by atoms with E-state index >= 15 is 0 Å². The number of rotatable bonds is 3. The first-order valence-corrected chi connectivity index (χ1v) is 6.64. The first kappa shape index (κ1) is 12.9. The summed E-state index contributed by atoms with van der Waals surface area (Å²) in [5, 5.41) is 3.10. The zero-order valence-electron chi connectivity index (χ0n) is 10.9. The second-order valence-electron chi connectivity index (χ2n) is 4.91. The van der Waals surface area contributed by atoms with Crippen molar-refractivity contribution in [2.24, 2.45) is 0 Å². The lowest BCUT2D eigenvalue weighted by molar-refractivity contribution is 0.270. The highest BCUT2D eigenvalue weighted by Gasteiger charge is 2.20. The van der Waals surface area contributed by atoms with E-state index in [0.29, 0.717) is 18.8 Å². The molecule has 1 aliphatic heterocycles. The zero-order chi connectivity index (χ0) is 13.9. The highest BCUT2D eigenvalue weighted by Crippen LogP contribution is 2.33. The number of para-hydroxylation sites is 1. The first-order chi connectivity index (χ1) is 9.72. The molecule has 1 heterocycles. The third-order valence-corrected chi connectivity index (χ3v) is 3.50. The van der Waals surface area contributed by atoms with Crippen molar-refractivity contribution in [2.45, 2.75) is 12.3 Å². The Morgan fingerprint density at radius 1 is 1.10 bits per heavy atom. The van der Waals surface area contributed by atoms with Crippen LogP contribution in [0.25, 0.3) is 0 Å². The van der Waals surface area contributed by atoms with Gasteiger partial charge in [0.15, 0.2) is 0 Å². The Kier molecular flexibility index (Phi) is 3.54. The third-order valence-electron chi connectivity index (χ3n) is 3.50. The maximum absolute atomic E-state index is 13.1. The largest absolute Gasteiger partial charge is 0.493 e. The van der Waals surface area contributed by atoms with Crippen LogP contribution >= 0.6 is 0 Å². The Labute approximate surface area is 116 Å². The number of hydrogen-bond acceptors (Lipinski definition) is 2. The maximum Gasteiger partial charge on any atom is 0.128 e. The van der Waals surface area contributed by atoms with Gasteiger partial charge in [-0.2, -0.15) is 0 Å². The normalized spacial score (nSPS) is 17.2. The van der Waals surface area contributed by atoms with Crippen LogP contribution in [0.5, 0.6) is 5.75 Å². The Hall–Kier alpha value is -2.10. The van der Waals surface area contributed by atoms with Crippen LogP contribution in [0.15, 0.2) is 42.5 Å². The van der Waals surface area contributed by atoms with Crippen LogP contribution in [0.4, 0.5) is 14.5 Å². The van der Waals surface area contributed by atoms with Gasteiger partial charge in [-0.25, -0.2) is 8.78 Å². The summed E-state index contributed by atoms with van der Waals surface area (Å²) in [6.07, 6.45) is 0.891. The highest BCUT2D eigenvalue weighted by molar-refractivity contribution is 5.45. The molecule has 0 fully saturated rings. The van der Waals surface area contributed by atoms with Gasteiger partial charge in [0.2, 0.25) is 0 Å². The average Bonchev–Trinajstić information content (AvgIpc) is 2.44. The number of ether oxygens (including phenoxy) is 1. The van der Waals surface area contributed by atoms with Crippen LogP contribution in [-0.4, -0.2) is 13.2 Å². The molecular formula is C16H15F2NO. The van der Waals surface area contributed by atoms with E-state index in [0.717, 1.165) is 23.8 Å². The number of halogens is 2. The van der Waals surface area contributed by atoms with Gasteiger partial charge in [0.1, 0.15) is 17.4 Å². The van der Waals surface area contributed by atoms with E-state index in [9.17, 15) is 8.78 Å². The van der Waals surface area contributed by atoms with E-state index in [4.69, 9.17) is 4.74 Å². The molecule has 3 rings (SSSR count). The fourth-order valence-corrected chi connectivity index (χ4v) is 2.52. The molecule has 2 aromatic carbocycles. The minimum atomic E-state index is -0.570. The van der Waals surface area contributed by atoms with Gasteiger partial charge in [-0.1, -0.05) is 18.2 Å². The summed E-state index contributed by atoms with van der Waals surface area (Å²) in [5.41, 5.74) is 1.61. The second kappa shape index (κ2) is 5.49. The first-order valence-electron chi connectivity index (χ1n) is 6.64. The van der Waals surface area contributed by atoms with Crippen molar-refractivity contribution in [3.63, 3.8) is 0 Å². The quantitative estimate of drug-likeness (QED) is 0.916. The van der Waals surface area contributed by atoms with Crippen molar-refractivity contribution < 1.29 is 13.5 Å². The monoisotopic (exact) mass is 275 g/mol. The molecule has 20 heavy (non-hydrogen) atoms. The predicted octanol–water partition coefficient (Wildman–Crippen LogP) is 3.94. The highest BCUT2D eigenvalue weighted by atomic mass is 19.1. The Bertz CT molecular complexity index is 595. The van der Waals surface area contributed by atoms with E-state index < -0.39 is 11.6 Å². The van der Waals surface area contributed by atoms with Crippen LogP contribution in [0.1, 0.15) is 17.9 Å². The summed E-state index contributed by atoms with van der Waals surface area (Å²) in [6.45, 7) is 1.30. The van der Waals surface area contributed by atoms with Crippen molar-refractivity contribution in [1.29, 1.82) is 0 Å². The fraction of sp³-hybridized carbons (Fsp3) is 0.250. The van der Waals surface area contributed by atoms with Crippen LogP contribution in [0, 0.1) is 11.6 Å². The number of anilines is 1. The standard InChI is InChI=1S/C16H15F2NO/c17-12-7-13(18)9-14(8-12)19-10-11-5-6-20-16-4-2-1-3-15(11)16/h1-4,7-9,11,19H,5-6,10H2. The molecule has 1 N–H and O–H groups in total. The maximum atomic E-state index is 13.1. The fourth-order valence-electron chi connectivity index (χ4n) is 2.52. The summed E-state index contributed by atoms with van der Waals surface area (Å²) in [7, 11) is 0. The smallest absolute Gasteiger partial charge is 0.128 e. The lowest BCUT2D eigenvalue weighted by Gasteiger charge is -2.26. The van der Waals surface area contributed by atoms with Crippen molar-refractivity contribution in [1.82, 2.24) is 0 Å². The molecule has 0 radical (unpaired) electrons. The van der Waals surface area contributed by atoms with E-state index in [-0.39, 0.29) is 5.92 Å². The van der Waals surface area contributed by atoms with Crippen LogP contribution in [-0.2, 0) is 0 Å². The SMILES string of the molecule is Fc1cc(F)cc(NCC2CCOc3ccccc32)c1. The number of nitrogens with one attached hydrogen (secondary N) is 1. The summed E-state index contributed by atoms with van der Waals surface area (Å²) in [6, 6.07) is 11.4. The van der Waals surface area contributed by atoms with Crippen molar-refractivity contribution in [3.8, 4) is 5.75 Å². The molecule has 4 heteroatoms. The molecule has 104 valence electrons. The molecule has 2 nitrogen and oxygen atoms in total. The molecule has 0 amide bonds. The Balaban J connectivity index is 1.73.